The lowest BCUT2D eigenvalue weighted by molar-refractivity contribution is -0.122. The average Bonchev–Trinajstić information content (AvgIpc) is 2.72. The SMILES string of the molecule is CC[C@H](C)NC(=O)c1ccccc1NC(=O)[C@H]1CN(S(C)(=O)=O)c2ccccc2O1. The van der Waals surface area contributed by atoms with E-state index in [4.69, 9.17) is 4.74 Å². The van der Waals surface area contributed by atoms with Crippen LogP contribution in [0.15, 0.2) is 48.5 Å². The van der Waals surface area contributed by atoms with E-state index in [9.17, 15) is 18.0 Å². The number of nitrogens with one attached hydrogen (secondary N) is 2. The zero-order valence-corrected chi connectivity index (χ0v) is 17.9. The quantitative estimate of drug-likeness (QED) is 0.731. The average molecular weight is 432 g/mol. The lowest BCUT2D eigenvalue weighted by atomic mass is 10.1. The van der Waals surface area contributed by atoms with Gasteiger partial charge in [-0.2, -0.15) is 0 Å². The Labute approximate surface area is 176 Å². The zero-order chi connectivity index (χ0) is 21.9. The number of carbonyl (C=O) groups is 2. The van der Waals surface area contributed by atoms with Crippen LogP contribution in [-0.2, 0) is 14.8 Å². The summed E-state index contributed by atoms with van der Waals surface area (Å²) in [5.41, 5.74) is 1.04. The van der Waals surface area contributed by atoms with Crippen molar-refractivity contribution >= 4 is 33.2 Å². The molecule has 2 aromatic rings. The topological polar surface area (TPSA) is 105 Å². The van der Waals surface area contributed by atoms with Crippen LogP contribution in [0.3, 0.4) is 0 Å². The van der Waals surface area contributed by atoms with Crippen molar-refractivity contribution in [3.63, 3.8) is 0 Å². The number of benzene rings is 2. The third kappa shape index (κ3) is 4.73. The van der Waals surface area contributed by atoms with Gasteiger partial charge in [-0.1, -0.05) is 31.2 Å². The van der Waals surface area contributed by atoms with Crippen molar-refractivity contribution < 1.29 is 22.7 Å². The van der Waals surface area contributed by atoms with Gasteiger partial charge in [0.1, 0.15) is 5.75 Å². The van der Waals surface area contributed by atoms with Crippen molar-refractivity contribution in [3.05, 3.63) is 54.1 Å². The summed E-state index contributed by atoms with van der Waals surface area (Å²) in [4.78, 5) is 25.5. The van der Waals surface area contributed by atoms with Gasteiger partial charge in [0.2, 0.25) is 10.0 Å². The van der Waals surface area contributed by atoms with Crippen LogP contribution in [-0.4, -0.2) is 45.2 Å². The summed E-state index contributed by atoms with van der Waals surface area (Å²) < 4.78 is 31.4. The van der Waals surface area contributed by atoms with Crippen LogP contribution in [0.25, 0.3) is 0 Å². The first-order valence-electron chi connectivity index (χ1n) is 9.65. The molecule has 1 heterocycles. The van der Waals surface area contributed by atoms with E-state index in [1.807, 2.05) is 13.8 Å². The molecule has 0 bridgehead atoms. The van der Waals surface area contributed by atoms with E-state index in [1.165, 1.54) is 0 Å². The van der Waals surface area contributed by atoms with Crippen molar-refractivity contribution in [3.8, 4) is 5.75 Å². The Kier molecular flexibility index (Phi) is 6.31. The first kappa shape index (κ1) is 21.6. The molecule has 2 atom stereocenters. The highest BCUT2D eigenvalue weighted by atomic mass is 32.2. The van der Waals surface area contributed by atoms with Crippen LogP contribution in [0.4, 0.5) is 11.4 Å². The van der Waals surface area contributed by atoms with Gasteiger partial charge in [0, 0.05) is 6.04 Å². The Morgan fingerprint density at radius 2 is 1.83 bits per heavy atom. The first-order valence-corrected chi connectivity index (χ1v) is 11.5. The second-order valence-electron chi connectivity index (χ2n) is 7.19. The molecule has 1 aliphatic heterocycles. The molecule has 0 fully saturated rings. The van der Waals surface area contributed by atoms with Gasteiger partial charge in [-0.25, -0.2) is 8.42 Å². The maximum atomic E-state index is 12.9. The molecule has 2 N–H and O–H groups in total. The second kappa shape index (κ2) is 8.74. The van der Waals surface area contributed by atoms with E-state index in [0.717, 1.165) is 17.0 Å². The highest BCUT2D eigenvalue weighted by molar-refractivity contribution is 7.92. The number of hydrogen-bond acceptors (Lipinski definition) is 5. The van der Waals surface area contributed by atoms with Crippen LogP contribution in [0.1, 0.15) is 30.6 Å². The maximum absolute atomic E-state index is 12.9. The van der Waals surface area contributed by atoms with Crippen LogP contribution in [0.2, 0.25) is 0 Å². The summed E-state index contributed by atoms with van der Waals surface area (Å²) in [6.07, 6.45) is 0.788. The summed E-state index contributed by atoms with van der Waals surface area (Å²) >= 11 is 0. The summed E-state index contributed by atoms with van der Waals surface area (Å²) in [6.45, 7) is 3.69. The van der Waals surface area contributed by atoms with Gasteiger partial charge in [-0.05, 0) is 37.6 Å². The van der Waals surface area contributed by atoms with Crippen LogP contribution in [0.5, 0.6) is 5.75 Å². The molecule has 0 aromatic heterocycles. The van der Waals surface area contributed by atoms with Crippen LogP contribution in [0, 0.1) is 0 Å². The number of anilines is 2. The van der Waals surface area contributed by atoms with E-state index < -0.39 is 22.0 Å². The Balaban J connectivity index is 1.83. The minimum absolute atomic E-state index is 0.0113. The number of hydrogen-bond donors (Lipinski definition) is 2. The molecule has 8 nitrogen and oxygen atoms in total. The third-order valence-corrected chi connectivity index (χ3v) is 5.99. The molecule has 0 saturated carbocycles. The number of nitrogens with zero attached hydrogens (tertiary/aromatic N) is 1. The predicted molar refractivity (Wildman–Crippen MR) is 115 cm³/mol. The highest BCUT2D eigenvalue weighted by Gasteiger charge is 2.35. The molecule has 0 radical (unpaired) electrons. The molecule has 0 spiro atoms. The van der Waals surface area contributed by atoms with Crippen LogP contribution >= 0.6 is 0 Å². The number of amides is 2. The lowest BCUT2D eigenvalue weighted by Gasteiger charge is -2.33. The zero-order valence-electron chi connectivity index (χ0n) is 17.1. The largest absolute Gasteiger partial charge is 0.476 e. The van der Waals surface area contributed by atoms with Crippen LogP contribution < -0.4 is 19.7 Å². The first-order chi connectivity index (χ1) is 14.2. The fourth-order valence-electron chi connectivity index (χ4n) is 3.06. The molecule has 0 unspecified atom stereocenters. The predicted octanol–water partition coefficient (Wildman–Crippen LogP) is 2.38. The van der Waals surface area contributed by atoms with E-state index in [1.54, 1.807) is 48.5 Å². The van der Waals surface area contributed by atoms with E-state index in [0.29, 0.717) is 22.7 Å². The second-order valence-corrected chi connectivity index (χ2v) is 9.09. The number of fused-ring (bicyclic) bond motifs is 1. The molecule has 9 heteroatoms. The van der Waals surface area contributed by atoms with Crippen molar-refractivity contribution in [1.82, 2.24) is 5.32 Å². The fourth-order valence-corrected chi connectivity index (χ4v) is 3.97. The molecular weight excluding hydrogens is 406 g/mol. The van der Waals surface area contributed by atoms with Gasteiger partial charge in [0.05, 0.1) is 29.7 Å². The van der Waals surface area contributed by atoms with Crippen molar-refractivity contribution in [2.45, 2.75) is 32.4 Å². The van der Waals surface area contributed by atoms with Gasteiger partial charge in [0.15, 0.2) is 6.10 Å². The number of rotatable bonds is 6. The number of carbonyl (C=O) groups excluding carboxylic acids is 2. The van der Waals surface area contributed by atoms with E-state index >= 15 is 0 Å². The number of para-hydroxylation sites is 3. The van der Waals surface area contributed by atoms with Crippen molar-refractivity contribution in [1.29, 1.82) is 0 Å². The summed E-state index contributed by atoms with van der Waals surface area (Å²) in [5, 5.41) is 5.58. The fraction of sp³-hybridized carbons (Fsp3) is 0.333. The standard InChI is InChI=1S/C21H25N3O5S/c1-4-14(2)22-20(25)15-9-5-6-10-16(15)23-21(26)19-13-24(30(3,27)28)17-11-7-8-12-18(17)29-19/h5-12,14,19H,4,13H2,1-3H3,(H,22,25)(H,23,26)/t14-,19+/m0/s1. The lowest BCUT2D eigenvalue weighted by Crippen LogP contribution is -2.48. The molecule has 1 aliphatic rings. The summed E-state index contributed by atoms with van der Waals surface area (Å²) in [7, 11) is -3.61. The number of ether oxygens (including phenoxy) is 1. The molecule has 0 aliphatic carbocycles. The molecule has 2 aromatic carbocycles. The summed E-state index contributed by atoms with van der Waals surface area (Å²) in [6, 6.07) is 13.3. The van der Waals surface area contributed by atoms with Gasteiger partial charge in [-0.3, -0.25) is 13.9 Å². The third-order valence-electron chi connectivity index (χ3n) is 4.85. The Morgan fingerprint density at radius 3 is 2.53 bits per heavy atom. The Morgan fingerprint density at radius 1 is 1.17 bits per heavy atom. The smallest absolute Gasteiger partial charge is 0.267 e. The molecular formula is C21H25N3O5S. The molecule has 0 saturated heterocycles. The normalized spacial score (nSPS) is 16.8. The van der Waals surface area contributed by atoms with E-state index in [2.05, 4.69) is 10.6 Å². The summed E-state index contributed by atoms with van der Waals surface area (Å²) in [5.74, 6) is -0.535. The Hall–Kier alpha value is -3.07. The van der Waals surface area contributed by atoms with Gasteiger partial charge < -0.3 is 15.4 Å². The minimum atomic E-state index is -3.61. The van der Waals surface area contributed by atoms with Crippen molar-refractivity contribution in [2.24, 2.45) is 0 Å². The number of sulfonamides is 1. The van der Waals surface area contributed by atoms with E-state index in [-0.39, 0.29) is 18.5 Å². The van der Waals surface area contributed by atoms with Gasteiger partial charge in [-0.15, -0.1) is 0 Å². The monoisotopic (exact) mass is 431 g/mol. The van der Waals surface area contributed by atoms with Gasteiger partial charge in [0.25, 0.3) is 11.8 Å². The maximum Gasteiger partial charge on any atom is 0.267 e. The molecule has 2 amide bonds. The molecule has 30 heavy (non-hydrogen) atoms. The molecule has 3 rings (SSSR count). The van der Waals surface area contributed by atoms with Gasteiger partial charge >= 0.3 is 0 Å². The Bertz CT molecular complexity index is 1050. The highest BCUT2D eigenvalue weighted by Crippen LogP contribution is 2.34. The minimum Gasteiger partial charge on any atom is -0.476 e. The molecule has 160 valence electrons. The van der Waals surface area contributed by atoms with Crippen molar-refractivity contribution in [2.75, 3.05) is 22.4 Å².